The first-order chi connectivity index (χ1) is 22.7. The first-order valence-electron chi connectivity index (χ1n) is 16.2. The maximum atomic E-state index is 16.0. The van der Waals surface area contributed by atoms with E-state index in [-0.39, 0.29) is 17.6 Å². The van der Waals surface area contributed by atoms with Crippen LogP contribution in [0.4, 0.5) is 5.69 Å². The smallest absolute Gasteiger partial charge is 0.239 e. The van der Waals surface area contributed by atoms with Gasteiger partial charge in [-0.15, -0.1) is 0 Å². The highest BCUT2D eigenvalue weighted by atomic mass is 16.2. The molecule has 2 bridgehead atoms. The predicted octanol–water partition coefficient (Wildman–Crippen LogP) is 8.11. The minimum atomic E-state index is -1.41. The molecule has 4 heteroatoms. The van der Waals surface area contributed by atoms with E-state index >= 15 is 14.4 Å². The van der Waals surface area contributed by atoms with Crippen LogP contribution in [0, 0.1) is 39.5 Å². The molecule has 2 amide bonds. The molecule has 5 aromatic carbocycles. The number of benzene rings is 5. The van der Waals surface area contributed by atoms with Gasteiger partial charge in [0, 0.05) is 0 Å². The number of anilines is 1. The van der Waals surface area contributed by atoms with Crippen LogP contribution in [-0.4, -0.2) is 17.6 Å². The molecule has 2 aliphatic carbocycles. The average Bonchev–Trinajstić information content (AvgIpc) is 3.58. The van der Waals surface area contributed by atoms with Crippen molar-refractivity contribution in [2.24, 2.45) is 11.8 Å². The minimum Gasteiger partial charge on any atom is -0.297 e. The second-order valence-corrected chi connectivity index (χ2v) is 13.4. The highest BCUT2D eigenvalue weighted by Crippen LogP contribution is 2.74. The van der Waals surface area contributed by atoms with Gasteiger partial charge in [0.2, 0.25) is 11.8 Å². The zero-order valence-electron chi connectivity index (χ0n) is 27.0. The van der Waals surface area contributed by atoms with Crippen LogP contribution < -0.4 is 4.90 Å². The van der Waals surface area contributed by atoms with E-state index in [1.54, 1.807) is 0 Å². The Balaban J connectivity index is 1.56. The van der Waals surface area contributed by atoms with Crippen molar-refractivity contribution in [1.29, 1.82) is 0 Å². The Labute approximate surface area is 275 Å². The number of aryl methyl sites for hydroxylation is 4. The number of ketones is 1. The van der Waals surface area contributed by atoms with Gasteiger partial charge in [-0.05, 0) is 72.7 Å². The van der Waals surface area contributed by atoms with Crippen LogP contribution in [0.15, 0.2) is 127 Å². The van der Waals surface area contributed by atoms with Crippen LogP contribution in [0.2, 0.25) is 0 Å². The quantitative estimate of drug-likeness (QED) is 0.188. The largest absolute Gasteiger partial charge is 0.297 e. The third-order valence-electron chi connectivity index (χ3n) is 10.7. The molecule has 1 heterocycles. The molecular formula is C43H35NO3. The molecule has 0 aromatic heterocycles. The molecular weight excluding hydrogens is 578 g/mol. The Kier molecular flexibility index (Phi) is 6.39. The zero-order valence-corrected chi connectivity index (χ0v) is 27.0. The van der Waals surface area contributed by atoms with Gasteiger partial charge >= 0.3 is 0 Å². The highest BCUT2D eigenvalue weighted by molar-refractivity contribution is 6.39. The van der Waals surface area contributed by atoms with Crippen LogP contribution in [0.3, 0.4) is 0 Å². The van der Waals surface area contributed by atoms with E-state index in [1.165, 1.54) is 4.90 Å². The van der Waals surface area contributed by atoms with Crippen LogP contribution in [0.5, 0.6) is 0 Å². The SMILES string of the molecule is Cc1ccc(C2=C(c3ccc(C)cc3)[C@@]3(c4ccccc4)C(=O)[C@@]2(c2ccccc2)[C@H]2C(=O)N(c4ccc(C)cc4C)C(=O)[C@@H]23)cc1. The van der Waals surface area contributed by atoms with Gasteiger partial charge in [-0.3, -0.25) is 14.4 Å². The Hall–Kier alpha value is -5.35. The molecule has 2 fully saturated rings. The molecule has 1 aliphatic heterocycles. The third-order valence-corrected chi connectivity index (χ3v) is 10.7. The molecule has 1 saturated heterocycles. The lowest BCUT2D eigenvalue weighted by molar-refractivity contribution is -0.130. The fourth-order valence-corrected chi connectivity index (χ4v) is 8.86. The van der Waals surface area contributed by atoms with Gasteiger partial charge in [-0.1, -0.05) is 138 Å². The van der Waals surface area contributed by atoms with Gasteiger partial charge in [0.1, 0.15) is 0 Å². The number of nitrogens with zero attached hydrogens (tertiary/aromatic N) is 1. The Morgan fingerprint density at radius 3 is 1.30 bits per heavy atom. The number of imide groups is 1. The number of Topliss-reactive ketones (excluding diaryl/α,β-unsaturated/α-hetero) is 1. The molecule has 47 heavy (non-hydrogen) atoms. The van der Waals surface area contributed by atoms with Crippen molar-refractivity contribution in [1.82, 2.24) is 0 Å². The van der Waals surface area contributed by atoms with E-state index in [9.17, 15) is 0 Å². The molecule has 1 saturated carbocycles. The minimum absolute atomic E-state index is 0.106. The fraction of sp³-hybridized carbons (Fsp3) is 0.186. The van der Waals surface area contributed by atoms with E-state index in [0.717, 1.165) is 55.7 Å². The van der Waals surface area contributed by atoms with Crippen molar-refractivity contribution in [3.63, 3.8) is 0 Å². The third kappa shape index (κ3) is 3.73. The summed E-state index contributed by atoms with van der Waals surface area (Å²) in [7, 11) is 0. The summed E-state index contributed by atoms with van der Waals surface area (Å²) in [5, 5.41) is 0. The summed E-state index contributed by atoms with van der Waals surface area (Å²) in [6, 6.07) is 41.7. The second-order valence-electron chi connectivity index (χ2n) is 13.4. The van der Waals surface area contributed by atoms with E-state index in [4.69, 9.17) is 0 Å². The summed E-state index contributed by atoms with van der Waals surface area (Å²) < 4.78 is 0. The average molecular weight is 614 g/mol. The summed E-state index contributed by atoms with van der Waals surface area (Å²) in [6.45, 7) is 8.02. The summed E-state index contributed by atoms with van der Waals surface area (Å²) in [5.74, 6) is -2.62. The van der Waals surface area contributed by atoms with Crippen molar-refractivity contribution in [3.8, 4) is 0 Å². The van der Waals surface area contributed by atoms with Crippen molar-refractivity contribution < 1.29 is 14.4 Å². The lowest BCUT2D eigenvalue weighted by atomic mass is 9.59. The van der Waals surface area contributed by atoms with E-state index in [1.807, 2.05) is 107 Å². The first-order valence-corrected chi connectivity index (χ1v) is 16.2. The van der Waals surface area contributed by atoms with Gasteiger partial charge in [-0.25, -0.2) is 4.90 Å². The second kappa shape index (κ2) is 10.3. The maximum absolute atomic E-state index is 16.0. The van der Waals surface area contributed by atoms with Crippen molar-refractivity contribution in [2.75, 3.05) is 4.90 Å². The standard InChI is InChI=1S/C43H35NO3/c1-26-15-20-30(21-16-26)35-36(31-22-17-27(2)18-23-31)43(33-13-9-6-10-14-33)38-37(42(35,41(43)47)32-11-7-5-8-12-32)39(45)44(40(38)46)34-24-19-28(3)25-29(34)4/h5-25,37-38H,1-4H3/t37-,38-,42-,43-/m1/s1. The Bertz CT molecular complexity index is 2000. The molecule has 230 valence electrons. The molecule has 8 rings (SSSR count). The van der Waals surface area contributed by atoms with Gasteiger partial charge in [0.05, 0.1) is 28.4 Å². The highest BCUT2D eigenvalue weighted by Gasteiger charge is 2.82. The number of hydrogen-bond acceptors (Lipinski definition) is 3. The molecule has 4 atom stereocenters. The van der Waals surface area contributed by atoms with Crippen molar-refractivity contribution >= 4 is 34.4 Å². The predicted molar refractivity (Wildman–Crippen MR) is 186 cm³/mol. The van der Waals surface area contributed by atoms with Crippen LogP contribution in [0.1, 0.15) is 44.5 Å². The molecule has 0 N–H and O–H groups in total. The Morgan fingerprint density at radius 2 is 0.894 bits per heavy atom. The number of carbonyl (C=O) groups excluding carboxylic acids is 3. The van der Waals surface area contributed by atoms with Crippen LogP contribution in [0.25, 0.3) is 11.1 Å². The number of rotatable bonds is 5. The van der Waals surface area contributed by atoms with Gasteiger partial charge in [-0.2, -0.15) is 0 Å². The number of hydrogen-bond donors (Lipinski definition) is 0. The van der Waals surface area contributed by atoms with Gasteiger partial charge < -0.3 is 0 Å². The fourth-order valence-electron chi connectivity index (χ4n) is 8.86. The van der Waals surface area contributed by atoms with Gasteiger partial charge in [0.15, 0.2) is 5.78 Å². The molecule has 5 aromatic rings. The van der Waals surface area contributed by atoms with Crippen molar-refractivity contribution in [2.45, 2.75) is 38.5 Å². The van der Waals surface area contributed by atoms with E-state index < -0.39 is 22.7 Å². The van der Waals surface area contributed by atoms with Crippen LogP contribution in [-0.2, 0) is 25.2 Å². The van der Waals surface area contributed by atoms with Gasteiger partial charge in [0.25, 0.3) is 0 Å². The van der Waals surface area contributed by atoms with E-state index in [2.05, 4.69) is 48.5 Å². The molecule has 0 unspecified atom stereocenters. The maximum Gasteiger partial charge on any atom is 0.239 e. The van der Waals surface area contributed by atoms with Crippen LogP contribution >= 0.6 is 0 Å². The first kappa shape index (κ1) is 29.1. The lowest BCUT2D eigenvalue weighted by Gasteiger charge is -2.39. The molecule has 0 radical (unpaired) electrons. The number of fused-ring (bicyclic) bond motifs is 5. The molecule has 0 spiro atoms. The number of carbonyl (C=O) groups is 3. The summed E-state index contributed by atoms with van der Waals surface area (Å²) in [6.07, 6.45) is 0. The summed E-state index contributed by atoms with van der Waals surface area (Å²) >= 11 is 0. The van der Waals surface area contributed by atoms with E-state index in [0.29, 0.717) is 5.69 Å². The lowest BCUT2D eigenvalue weighted by Crippen LogP contribution is -2.45. The van der Waals surface area contributed by atoms with Crippen molar-refractivity contribution in [3.05, 3.63) is 172 Å². The number of allylic oxidation sites excluding steroid dienone is 2. The normalized spacial score (nSPS) is 24.8. The summed E-state index contributed by atoms with van der Waals surface area (Å²) in [5.41, 5.74) is 6.70. The number of amides is 2. The molecule has 3 aliphatic rings. The molecule has 4 nitrogen and oxygen atoms in total. The topological polar surface area (TPSA) is 54.5 Å². The summed E-state index contributed by atoms with van der Waals surface area (Å²) in [4.78, 5) is 47.7. The monoisotopic (exact) mass is 613 g/mol. The Morgan fingerprint density at radius 1 is 0.489 bits per heavy atom. The zero-order chi connectivity index (χ0) is 32.7.